The standard InChI is InChI=1S/C13H17N5O2/c1-3-7-17-13(12(18(19)20)10(2)16-17)15-9-11-5-4-6-14-8-11/h4-6,8,15H,3,7,9H2,1-2H3. The second kappa shape index (κ2) is 6.14. The predicted octanol–water partition coefficient (Wildman–Crippen LogP) is 2.52. The molecule has 7 heteroatoms. The van der Waals surface area contributed by atoms with Gasteiger partial charge in [0.05, 0.1) is 4.92 Å². The Kier molecular flexibility index (Phi) is 4.29. The van der Waals surface area contributed by atoms with Crippen LogP contribution in [0.2, 0.25) is 0 Å². The molecule has 0 spiro atoms. The number of pyridine rings is 1. The van der Waals surface area contributed by atoms with Gasteiger partial charge in [0.15, 0.2) is 0 Å². The van der Waals surface area contributed by atoms with E-state index in [1.165, 1.54) is 0 Å². The molecule has 0 bridgehead atoms. The highest BCUT2D eigenvalue weighted by atomic mass is 16.6. The highest BCUT2D eigenvalue weighted by molar-refractivity contribution is 5.59. The molecule has 2 rings (SSSR count). The summed E-state index contributed by atoms with van der Waals surface area (Å²) in [7, 11) is 0. The summed E-state index contributed by atoms with van der Waals surface area (Å²) in [4.78, 5) is 14.8. The molecular weight excluding hydrogens is 258 g/mol. The molecule has 0 aromatic carbocycles. The van der Waals surface area contributed by atoms with Gasteiger partial charge in [0.2, 0.25) is 5.82 Å². The minimum absolute atomic E-state index is 0.0438. The topological polar surface area (TPSA) is 85.9 Å². The van der Waals surface area contributed by atoms with Crippen LogP contribution in [0.3, 0.4) is 0 Å². The van der Waals surface area contributed by atoms with Crippen LogP contribution >= 0.6 is 0 Å². The molecule has 0 amide bonds. The zero-order chi connectivity index (χ0) is 14.5. The number of nitro groups is 1. The summed E-state index contributed by atoms with van der Waals surface area (Å²) in [5.74, 6) is 0.457. The summed E-state index contributed by atoms with van der Waals surface area (Å²) < 4.78 is 1.66. The Morgan fingerprint density at radius 3 is 2.90 bits per heavy atom. The minimum Gasteiger partial charge on any atom is -0.360 e. The monoisotopic (exact) mass is 275 g/mol. The van der Waals surface area contributed by atoms with Crippen molar-refractivity contribution >= 4 is 11.5 Å². The van der Waals surface area contributed by atoms with E-state index >= 15 is 0 Å². The van der Waals surface area contributed by atoms with Crippen molar-refractivity contribution in [1.29, 1.82) is 0 Å². The zero-order valence-corrected chi connectivity index (χ0v) is 11.5. The third-order valence-electron chi connectivity index (χ3n) is 2.90. The van der Waals surface area contributed by atoms with E-state index in [1.54, 1.807) is 24.0 Å². The quantitative estimate of drug-likeness (QED) is 0.646. The van der Waals surface area contributed by atoms with Gasteiger partial charge >= 0.3 is 5.69 Å². The molecule has 0 saturated heterocycles. The molecule has 2 aromatic heterocycles. The van der Waals surface area contributed by atoms with Gasteiger partial charge in [-0.25, -0.2) is 4.68 Å². The lowest BCUT2D eigenvalue weighted by Gasteiger charge is -2.08. The van der Waals surface area contributed by atoms with Crippen molar-refractivity contribution in [3.8, 4) is 0 Å². The fourth-order valence-corrected chi connectivity index (χ4v) is 2.03. The molecule has 2 aromatic rings. The number of anilines is 1. The van der Waals surface area contributed by atoms with E-state index < -0.39 is 0 Å². The third-order valence-corrected chi connectivity index (χ3v) is 2.90. The van der Waals surface area contributed by atoms with E-state index in [2.05, 4.69) is 15.4 Å². The van der Waals surface area contributed by atoms with E-state index in [-0.39, 0.29) is 10.6 Å². The number of aryl methyl sites for hydroxylation is 2. The van der Waals surface area contributed by atoms with Gasteiger partial charge in [0.1, 0.15) is 5.69 Å². The molecule has 0 radical (unpaired) electrons. The molecule has 1 N–H and O–H groups in total. The maximum absolute atomic E-state index is 11.2. The molecule has 0 aliphatic carbocycles. The van der Waals surface area contributed by atoms with Gasteiger partial charge in [-0.3, -0.25) is 15.1 Å². The molecule has 0 atom stereocenters. The molecule has 0 unspecified atom stereocenters. The van der Waals surface area contributed by atoms with Crippen LogP contribution in [0, 0.1) is 17.0 Å². The molecule has 0 fully saturated rings. The molecular formula is C13H17N5O2. The van der Waals surface area contributed by atoms with Gasteiger partial charge in [0.25, 0.3) is 0 Å². The van der Waals surface area contributed by atoms with Crippen molar-refractivity contribution in [2.75, 3.05) is 5.32 Å². The molecule has 0 aliphatic rings. The molecule has 0 saturated carbocycles. The van der Waals surface area contributed by atoms with E-state index in [1.807, 2.05) is 19.1 Å². The Morgan fingerprint density at radius 2 is 2.30 bits per heavy atom. The molecule has 20 heavy (non-hydrogen) atoms. The fraction of sp³-hybridized carbons (Fsp3) is 0.385. The van der Waals surface area contributed by atoms with Crippen LogP contribution in [0.15, 0.2) is 24.5 Å². The summed E-state index contributed by atoms with van der Waals surface area (Å²) in [5.41, 5.74) is 1.43. The third kappa shape index (κ3) is 2.93. The number of hydrogen-bond acceptors (Lipinski definition) is 5. The average molecular weight is 275 g/mol. The summed E-state index contributed by atoms with van der Waals surface area (Å²) >= 11 is 0. The van der Waals surface area contributed by atoms with Crippen molar-refractivity contribution in [3.05, 3.63) is 45.9 Å². The number of hydrogen-bond donors (Lipinski definition) is 1. The Balaban J connectivity index is 2.26. The highest BCUT2D eigenvalue weighted by Crippen LogP contribution is 2.28. The van der Waals surface area contributed by atoms with Crippen LogP contribution < -0.4 is 5.32 Å². The number of nitrogens with zero attached hydrogens (tertiary/aromatic N) is 4. The SMILES string of the molecule is CCCn1nc(C)c([N+](=O)[O-])c1NCc1cccnc1. The van der Waals surface area contributed by atoms with E-state index in [9.17, 15) is 10.1 Å². The second-order valence-electron chi connectivity index (χ2n) is 4.48. The van der Waals surface area contributed by atoms with E-state index in [0.717, 1.165) is 12.0 Å². The first-order chi connectivity index (χ1) is 9.63. The van der Waals surface area contributed by atoms with Crippen LogP contribution in [-0.4, -0.2) is 19.7 Å². The van der Waals surface area contributed by atoms with Crippen LogP contribution in [0.1, 0.15) is 24.6 Å². The molecule has 2 heterocycles. The molecule has 0 aliphatic heterocycles. The van der Waals surface area contributed by atoms with E-state index in [0.29, 0.717) is 24.6 Å². The van der Waals surface area contributed by atoms with E-state index in [4.69, 9.17) is 0 Å². The van der Waals surface area contributed by atoms with Gasteiger partial charge in [-0.05, 0) is 25.0 Å². The summed E-state index contributed by atoms with van der Waals surface area (Å²) in [5, 5.41) is 18.5. The molecule has 106 valence electrons. The lowest BCUT2D eigenvalue weighted by Crippen LogP contribution is -2.09. The van der Waals surface area contributed by atoms with Crippen LogP contribution in [-0.2, 0) is 13.1 Å². The normalized spacial score (nSPS) is 10.5. The lowest BCUT2D eigenvalue weighted by molar-refractivity contribution is -0.384. The van der Waals surface area contributed by atoms with Crippen molar-refractivity contribution in [2.45, 2.75) is 33.4 Å². The lowest BCUT2D eigenvalue weighted by atomic mass is 10.3. The predicted molar refractivity (Wildman–Crippen MR) is 75.5 cm³/mol. The number of nitrogens with one attached hydrogen (secondary N) is 1. The van der Waals surface area contributed by atoms with Crippen LogP contribution in [0.25, 0.3) is 0 Å². The van der Waals surface area contributed by atoms with Crippen molar-refractivity contribution < 1.29 is 4.92 Å². The van der Waals surface area contributed by atoms with Gasteiger partial charge in [0, 0.05) is 25.5 Å². The van der Waals surface area contributed by atoms with Crippen molar-refractivity contribution in [1.82, 2.24) is 14.8 Å². The summed E-state index contributed by atoms with van der Waals surface area (Å²) in [6.45, 7) is 4.78. The second-order valence-corrected chi connectivity index (χ2v) is 4.48. The van der Waals surface area contributed by atoms with Gasteiger partial charge in [-0.2, -0.15) is 5.10 Å². The van der Waals surface area contributed by atoms with Crippen molar-refractivity contribution in [3.63, 3.8) is 0 Å². The maximum atomic E-state index is 11.2. The van der Waals surface area contributed by atoms with Gasteiger partial charge in [-0.1, -0.05) is 13.0 Å². The summed E-state index contributed by atoms with van der Waals surface area (Å²) in [6.07, 6.45) is 4.28. The van der Waals surface area contributed by atoms with Gasteiger partial charge in [-0.15, -0.1) is 0 Å². The number of aromatic nitrogens is 3. The number of rotatable bonds is 6. The Morgan fingerprint density at radius 1 is 1.50 bits per heavy atom. The average Bonchev–Trinajstić information content (AvgIpc) is 2.74. The zero-order valence-electron chi connectivity index (χ0n) is 11.5. The largest absolute Gasteiger partial charge is 0.360 e. The summed E-state index contributed by atoms with van der Waals surface area (Å²) in [6, 6.07) is 3.75. The first kappa shape index (κ1) is 14.0. The van der Waals surface area contributed by atoms with Gasteiger partial charge < -0.3 is 5.32 Å². The Hall–Kier alpha value is -2.44. The van der Waals surface area contributed by atoms with Crippen molar-refractivity contribution in [2.24, 2.45) is 0 Å². The maximum Gasteiger partial charge on any atom is 0.333 e. The highest BCUT2D eigenvalue weighted by Gasteiger charge is 2.24. The first-order valence-electron chi connectivity index (χ1n) is 6.48. The Bertz CT molecular complexity index is 594. The minimum atomic E-state index is -0.389. The first-order valence-corrected chi connectivity index (χ1v) is 6.48. The fourth-order valence-electron chi connectivity index (χ4n) is 2.03. The van der Waals surface area contributed by atoms with Crippen LogP contribution in [0.4, 0.5) is 11.5 Å². The Labute approximate surface area is 116 Å². The smallest absolute Gasteiger partial charge is 0.333 e. The van der Waals surface area contributed by atoms with Crippen LogP contribution in [0.5, 0.6) is 0 Å². The molecule has 7 nitrogen and oxygen atoms in total.